The average Bonchev–Trinajstić information content (AvgIpc) is 2.05. The molecule has 0 aliphatic heterocycles. The molecule has 1 nitrogen and oxygen atoms in total. The number of allylic oxidation sites excluding steroid dienone is 2. The van der Waals surface area contributed by atoms with Gasteiger partial charge in [0.2, 0.25) is 0 Å². The largest absolute Gasteiger partial charge is 0.291 e. The smallest absolute Gasteiger partial charge is 0.198 e. The molecule has 12 heavy (non-hydrogen) atoms. The molecule has 0 N–H and O–H groups in total. The topological polar surface area (TPSA) is 17.1 Å². The van der Waals surface area contributed by atoms with Crippen LogP contribution in [0.4, 0.5) is 0 Å². The van der Waals surface area contributed by atoms with Crippen molar-refractivity contribution < 1.29 is 4.79 Å². The average molecular weight is 167 g/mol. The molecule has 0 saturated carbocycles. The Morgan fingerprint density at radius 3 is 2.58 bits per heavy atom. The van der Waals surface area contributed by atoms with Crippen molar-refractivity contribution in [3.63, 3.8) is 0 Å². The van der Waals surface area contributed by atoms with Crippen molar-refractivity contribution in [1.82, 2.24) is 0 Å². The lowest BCUT2D eigenvalue weighted by Crippen LogP contribution is -1.93. The van der Waals surface area contributed by atoms with Crippen molar-refractivity contribution in [3.05, 3.63) is 12.2 Å². The van der Waals surface area contributed by atoms with Crippen LogP contribution in [0.15, 0.2) is 12.2 Å². The Morgan fingerprint density at radius 2 is 2.00 bits per heavy atom. The molecule has 69 valence electrons. The van der Waals surface area contributed by atoms with Gasteiger partial charge in [0, 0.05) is 6.42 Å². The standard InChI is InChI=1S/C11H19O/c1-3-4-5-6-7-8-11(2)9-10-12/h5-6,11H,3-4,7-9H2,1-2H3. The lowest BCUT2D eigenvalue weighted by Gasteiger charge is -2.02. The first-order valence-corrected chi connectivity index (χ1v) is 4.81. The van der Waals surface area contributed by atoms with E-state index in [0.717, 1.165) is 12.8 Å². The van der Waals surface area contributed by atoms with Gasteiger partial charge in [0.15, 0.2) is 6.29 Å². The van der Waals surface area contributed by atoms with Gasteiger partial charge in [-0.25, -0.2) is 0 Å². The monoisotopic (exact) mass is 167 g/mol. The fourth-order valence-electron chi connectivity index (χ4n) is 1.03. The van der Waals surface area contributed by atoms with Gasteiger partial charge in [-0.3, -0.25) is 4.79 Å². The third kappa shape index (κ3) is 7.52. The first-order valence-electron chi connectivity index (χ1n) is 4.81. The second-order valence-electron chi connectivity index (χ2n) is 3.29. The van der Waals surface area contributed by atoms with Crippen molar-refractivity contribution >= 4 is 6.29 Å². The summed E-state index contributed by atoms with van der Waals surface area (Å²) in [6, 6.07) is 0. The molecule has 0 amide bonds. The zero-order chi connectivity index (χ0) is 9.23. The highest BCUT2D eigenvalue weighted by Crippen LogP contribution is 2.08. The van der Waals surface area contributed by atoms with E-state index >= 15 is 0 Å². The SMILES string of the molecule is CCCC=CCCC(C)C[C]=O. The summed E-state index contributed by atoms with van der Waals surface area (Å²) in [6.45, 7) is 4.27. The highest BCUT2D eigenvalue weighted by atomic mass is 16.1. The molecular weight excluding hydrogens is 148 g/mol. The Kier molecular flexibility index (Phi) is 8.09. The fourth-order valence-corrected chi connectivity index (χ4v) is 1.03. The van der Waals surface area contributed by atoms with E-state index in [9.17, 15) is 4.79 Å². The molecule has 1 radical (unpaired) electrons. The van der Waals surface area contributed by atoms with Crippen LogP contribution in [-0.2, 0) is 4.79 Å². The molecule has 0 fully saturated rings. The van der Waals surface area contributed by atoms with Gasteiger partial charge in [-0.15, -0.1) is 0 Å². The predicted octanol–water partition coefficient (Wildman–Crippen LogP) is 3.26. The Morgan fingerprint density at radius 1 is 1.33 bits per heavy atom. The van der Waals surface area contributed by atoms with Gasteiger partial charge in [0.1, 0.15) is 0 Å². The highest BCUT2D eigenvalue weighted by molar-refractivity contribution is 5.50. The summed E-state index contributed by atoms with van der Waals surface area (Å²) in [7, 11) is 0. The van der Waals surface area contributed by atoms with Gasteiger partial charge in [0.05, 0.1) is 0 Å². The molecule has 0 heterocycles. The third-order valence-electron chi connectivity index (χ3n) is 1.88. The van der Waals surface area contributed by atoms with Gasteiger partial charge in [-0.05, 0) is 25.2 Å². The molecule has 1 heteroatoms. The Labute approximate surface area is 75.9 Å². The molecule has 1 unspecified atom stereocenters. The minimum absolute atomic E-state index is 0.494. The van der Waals surface area contributed by atoms with Crippen molar-refractivity contribution in [2.75, 3.05) is 0 Å². The fraction of sp³-hybridized carbons (Fsp3) is 0.727. The van der Waals surface area contributed by atoms with Crippen LogP contribution < -0.4 is 0 Å². The van der Waals surface area contributed by atoms with E-state index in [2.05, 4.69) is 26.0 Å². The van der Waals surface area contributed by atoms with Gasteiger partial charge in [0.25, 0.3) is 0 Å². The zero-order valence-corrected chi connectivity index (χ0v) is 8.18. The van der Waals surface area contributed by atoms with Crippen LogP contribution in [0.2, 0.25) is 0 Å². The van der Waals surface area contributed by atoms with E-state index in [1.54, 1.807) is 0 Å². The number of carbonyl (C=O) groups excluding carboxylic acids is 1. The van der Waals surface area contributed by atoms with E-state index in [1.807, 2.05) is 6.29 Å². The molecule has 1 atom stereocenters. The van der Waals surface area contributed by atoms with Crippen LogP contribution >= 0.6 is 0 Å². The minimum atomic E-state index is 0.494. The van der Waals surface area contributed by atoms with Crippen LogP contribution in [0.25, 0.3) is 0 Å². The molecule has 0 aromatic carbocycles. The van der Waals surface area contributed by atoms with Crippen LogP contribution in [0, 0.1) is 5.92 Å². The molecule has 0 aromatic heterocycles. The summed E-state index contributed by atoms with van der Waals surface area (Å²) in [6.07, 6.45) is 11.6. The van der Waals surface area contributed by atoms with Crippen molar-refractivity contribution in [1.29, 1.82) is 0 Å². The third-order valence-corrected chi connectivity index (χ3v) is 1.88. The molecule has 0 rings (SSSR count). The van der Waals surface area contributed by atoms with E-state index in [4.69, 9.17) is 0 Å². The number of hydrogen-bond acceptors (Lipinski definition) is 1. The zero-order valence-electron chi connectivity index (χ0n) is 8.18. The number of rotatable bonds is 7. The molecule has 0 aromatic rings. The van der Waals surface area contributed by atoms with Crippen LogP contribution in [0.1, 0.15) is 46.0 Å². The summed E-state index contributed by atoms with van der Waals surface area (Å²) in [5.41, 5.74) is 0. The van der Waals surface area contributed by atoms with Gasteiger partial charge in [-0.1, -0.05) is 32.4 Å². The maximum atomic E-state index is 10.0. The van der Waals surface area contributed by atoms with Crippen molar-refractivity contribution in [2.24, 2.45) is 5.92 Å². The van der Waals surface area contributed by atoms with Crippen molar-refractivity contribution in [2.45, 2.75) is 46.0 Å². The summed E-state index contributed by atoms with van der Waals surface area (Å²) in [5, 5.41) is 0. The van der Waals surface area contributed by atoms with Gasteiger partial charge >= 0.3 is 0 Å². The summed E-state index contributed by atoms with van der Waals surface area (Å²) in [4.78, 5) is 10.0. The molecule has 0 saturated heterocycles. The number of hydrogen-bond donors (Lipinski definition) is 0. The molecule has 0 aliphatic carbocycles. The number of unbranched alkanes of at least 4 members (excludes halogenated alkanes) is 1. The first-order chi connectivity index (χ1) is 5.81. The van der Waals surface area contributed by atoms with E-state index < -0.39 is 0 Å². The van der Waals surface area contributed by atoms with Gasteiger partial charge < -0.3 is 0 Å². The maximum Gasteiger partial charge on any atom is 0.198 e. The Bertz CT molecular complexity index is 127. The second-order valence-corrected chi connectivity index (χ2v) is 3.29. The lowest BCUT2D eigenvalue weighted by molar-refractivity contribution is 0.507. The first kappa shape index (κ1) is 11.4. The summed E-state index contributed by atoms with van der Waals surface area (Å²) in [5.74, 6) is 0.494. The molecular formula is C11H19O. The van der Waals surface area contributed by atoms with Crippen molar-refractivity contribution in [3.8, 4) is 0 Å². The van der Waals surface area contributed by atoms with Crippen LogP contribution in [0.5, 0.6) is 0 Å². The summed E-state index contributed by atoms with van der Waals surface area (Å²) < 4.78 is 0. The van der Waals surface area contributed by atoms with Gasteiger partial charge in [-0.2, -0.15) is 0 Å². The van der Waals surface area contributed by atoms with Crippen LogP contribution in [-0.4, -0.2) is 6.29 Å². The quantitative estimate of drug-likeness (QED) is 0.532. The van der Waals surface area contributed by atoms with Crippen LogP contribution in [0.3, 0.4) is 0 Å². The predicted molar refractivity (Wildman–Crippen MR) is 52.8 cm³/mol. The maximum absolute atomic E-state index is 10.0. The van der Waals surface area contributed by atoms with E-state index in [1.165, 1.54) is 12.8 Å². The normalized spacial score (nSPS) is 13.5. The van der Waals surface area contributed by atoms with E-state index in [-0.39, 0.29) is 0 Å². The lowest BCUT2D eigenvalue weighted by atomic mass is 10.0. The molecule has 0 spiro atoms. The molecule has 0 aliphatic rings. The second kappa shape index (κ2) is 8.51. The molecule has 0 bridgehead atoms. The highest BCUT2D eigenvalue weighted by Gasteiger charge is 1.98. The summed E-state index contributed by atoms with van der Waals surface area (Å²) >= 11 is 0. The Hall–Kier alpha value is -0.590. The minimum Gasteiger partial charge on any atom is -0.291 e. The van der Waals surface area contributed by atoms with E-state index in [0.29, 0.717) is 12.3 Å². The Balaban J connectivity index is 3.23.